The summed E-state index contributed by atoms with van der Waals surface area (Å²) >= 11 is 0. The topological polar surface area (TPSA) is 138 Å². The minimum atomic E-state index is -3.88. The fourth-order valence-corrected chi connectivity index (χ4v) is 5.51. The highest BCUT2D eigenvalue weighted by atomic mass is 32.2. The van der Waals surface area contributed by atoms with Gasteiger partial charge < -0.3 is 14.8 Å². The minimum absolute atomic E-state index is 0.200. The van der Waals surface area contributed by atoms with Crippen molar-refractivity contribution in [2.45, 2.75) is 38.4 Å². The molecule has 9 nitrogen and oxygen atoms in total. The maximum Gasteiger partial charge on any atom is 0.336 e. The monoisotopic (exact) mass is 472 g/mol. The number of hydrogen-bond donors (Lipinski definition) is 4. The third-order valence-corrected chi connectivity index (χ3v) is 6.95. The maximum atomic E-state index is 11.9. The van der Waals surface area contributed by atoms with E-state index in [1.54, 1.807) is 31.4 Å². The van der Waals surface area contributed by atoms with E-state index in [0.717, 1.165) is 27.8 Å². The van der Waals surface area contributed by atoms with Crippen molar-refractivity contribution in [2.75, 3.05) is 13.7 Å². The zero-order valence-electron chi connectivity index (χ0n) is 18.5. The van der Waals surface area contributed by atoms with Gasteiger partial charge in [0.1, 0.15) is 5.75 Å². The Morgan fingerprint density at radius 2 is 2.09 bits per heavy atom. The predicted molar refractivity (Wildman–Crippen MR) is 125 cm³/mol. The lowest BCUT2D eigenvalue weighted by atomic mass is 9.88. The Morgan fingerprint density at radius 1 is 1.33 bits per heavy atom. The molecule has 33 heavy (non-hydrogen) atoms. The van der Waals surface area contributed by atoms with Crippen LogP contribution < -0.4 is 14.6 Å². The van der Waals surface area contributed by atoms with E-state index in [9.17, 15) is 18.3 Å². The van der Waals surface area contributed by atoms with Gasteiger partial charge in [0.15, 0.2) is 0 Å². The highest BCUT2D eigenvalue weighted by Crippen LogP contribution is 2.38. The first-order chi connectivity index (χ1) is 15.7. The van der Waals surface area contributed by atoms with Crippen molar-refractivity contribution in [3.05, 3.63) is 64.8 Å². The van der Waals surface area contributed by atoms with Crippen LogP contribution in [0.2, 0.25) is 0 Å². The SMILES string of the molecule is COc1cc(C)c2[nH]ccc2c1CN1CC[C@@H](NS(N)(=O)=O)C[C@@H]1c1ccccc1C(=O)O. The van der Waals surface area contributed by atoms with Gasteiger partial charge in [-0.05, 0) is 49.1 Å². The molecule has 2 atom stereocenters. The second kappa shape index (κ2) is 9.14. The van der Waals surface area contributed by atoms with Crippen molar-refractivity contribution in [2.24, 2.45) is 5.14 Å². The molecular weight excluding hydrogens is 444 g/mol. The Hall–Kier alpha value is -2.92. The summed E-state index contributed by atoms with van der Waals surface area (Å²) in [5.41, 5.74) is 3.93. The van der Waals surface area contributed by atoms with Crippen LogP contribution in [-0.2, 0) is 16.8 Å². The number of nitrogens with two attached hydrogens (primary N) is 1. The lowest BCUT2D eigenvalue weighted by molar-refractivity contribution is 0.0686. The molecule has 4 rings (SSSR count). The van der Waals surface area contributed by atoms with Gasteiger partial charge in [0, 0.05) is 47.8 Å². The van der Waals surface area contributed by atoms with Gasteiger partial charge in [0.2, 0.25) is 0 Å². The van der Waals surface area contributed by atoms with Crippen LogP contribution in [0.3, 0.4) is 0 Å². The number of ether oxygens (including phenoxy) is 1. The van der Waals surface area contributed by atoms with Crippen LogP contribution in [0.4, 0.5) is 0 Å². The molecule has 0 saturated carbocycles. The number of piperidine rings is 1. The molecule has 1 aromatic heterocycles. The first-order valence-electron chi connectivity index (χ1n) is 10.7. The number of carboxylic acid groups (broad SMARTS) is 1. The fraction of sp³-hybridized carbons (Fsp3) is 0.348. The quantitative estimate of drug-likeness (QED) is 0.417. The van der Waals surface area contributed by atoms with Crippen LogP contribution in [0.1, 0.15) is 45.9 Å². The van der Waals surface area contributed by atoms with Crippen molar-refractivity contribution >= 4 is 27.1 Å². The van der Waals surface area contributed by atoms with Crippen LogP contribution in [0.5, 0.6) is 5.75 Å². The number of benzene rings is 2. The number of aryl methyl sites for hydroxylation is 1. The maximum absolute atomic E-state index is 11.9. The van der Waals surface area contributed by atoms with E-state index in [-0.39, 0.29) is 11.6 Å². The van der Waals surface area contributed by atoms with E-state index in [1.807, 2.05) is 25.3 Å². The minimum Gasteiger partial charge on any atom is -0.496 e. The van der Waals surface area contributed by atoms with E-state index in [1.165, 1.54) is 0 Å². The molecule has 2 aromatic carbocycles. The average molecular weight is 473 g/mol. The number of nitrogens with one attached hydrogen (secondary N) is 2. The molecule has 1 aliphatic rings. The van der Waals surface area contributed by atoms with Gasteiger partial charge in [0.05, 0.1) is 12.7 Å². The molecule has 1 fully saturated rings. The second-order valence-corrected chi connectivity index (χ2v) is 9.73. The third-order valence-electron chi connectivity index (χ3n) is 6.29. The molecule has 5 N–H and O–H groups in total. The summed E-state index contributed by atoms with van der Waals surface area (Å²) in [6, 6.07) is 10.1. The molecule has 0 unspecified atom stereocenters. The second-order valence-electron chi connectivity index (χ2n) is 8.40. The molecule has 10 heteroatoms. The molecule has 0 spiro atoms. The first-order valence-corrected chi connectivity index (χ1v) is 12.2. The smallest absolute Gasteiger partial charge is 0.336 e. The number of hydrogen-bond acceptors (Lipinski definition) is 5. The molecule has 1 saturated heterocycles. The Kier molecular flexibility index (Phi) is 6.44. The predicted octanol–water partition coefficient (Wildman–Crippen LogP) is 2.68. The summed E-state index contributed by atoms with van der Waals surface area (Å²) in [5.74, 6) is -0.261. The molecule has 0 aliphatic carbocycles. The van der Waals surface area contributed by atoms with E-state index in [4.69, 9.17) is 9.88 Å². The number of methoxy groups -OCH3 is 1. The number of carboxylic acids is 1. The number of likely N-dealkylation sites (tertiary alicyclic amines) is 1. The zero-order chi connectivity index (χ0) is 23.8. The number of H-pyrrole nitrogens is 1. The standard InChI is InChI=1S/C23H28N4O5S/c1-14-11-21(32-2)19(17-7-9-25-22(14)17)13-27-10-8-15(26-33(24,30)31)12-20(27)16-5-3-4-6-18(16)23(28)29/h3-7,9,11,15,20,25-26H,8,10,12-13H2,1-2H3,(H,28,29)(H2,24,30,31)/t15-,20-/m1/s1. The Bertz CT molecular complexity index is 1290. The molecule has 0 bridgehead atoms. The van der Waals surface area contributed by atoms with Crippen molar-refractivity contribution in [1.82, 2.24) is 14.6 Å². The summed E-state index contributed by atoms with van der Waals surface area (Å²) in [7, 11) is -2.24. The van der Waals surface area contributed by atoms with Gasteiger partial charge in [-0.1, -0.05) is 18.2 Å². The molecule has 1 aliphatic heterocycles. The highest BCUT2D eigenvalue weighted by Gasteiger charge is 2.34. The van der Waals surface area contributed by atoms with Gasteiger partial charge in [-0.2, -0.15) is 13.1 Å². The van der Waals surface area contributed by atoms with E-state index in [0.29, 0.717) is 31.5 Å². The fourth-order valence-electron chi connectivity index (χ4n) is 4.83. The molecule has 2 heterocycles. The number of rotatable bonds is 7. The van der Waals surface area contributed by atoms with Gasteiger partial charge >= 0.3 is 5.97 Å². The summed E-state index contributed by atoms with van der Waals surface area (Å²) in [5, 5.41) is 16.0. The van der Waals surface area contributed by atoms with E-state index >= 15 is 0 Å². The van der Waals surface area contributed by atoms with Gasteiger partial charge in [-0.3, -0.25) is 4.90 Å². The number of aromatic amines is 1. The van der Waals surface area contributed by atoms with Crippen LogP contribution in [-0.4, -0.2) is 49.1 Å². The van der Waals surface area contributed by atoms with Crippen LogP contribution in [0.25, 0.3) is 10.9 Å². The lowest BCUT2D eigenvalue weighted by Crippen LogP contribution is -2.47. The normalized spacial score (nSPS) is 19.6. The van der Waals surface area contributed by atoms with Crippen molar-refractivity contribution in [3.8, 4) is 5.75 Å². The number of carbonyl (C=O) groups is 1. The zero-order valence-corrected chi connectivity index (χ0v) is 19.4. The van der Waals surface area contributed by atoms with Crippen LogP contribution in [0, 0.1) is 6.92 Å². The van der Waals surface area contributed by atoms with Crippen molar-refractivity contribution in [3.63, 3.8) is 0 Å². The number of fused-ring (bicyclic) bond motifs is 1. The Labute approximate surface area is 192 Å². The summed E-state index contributed by atoms with van der Waals surface area (Å²) in [4.78, 5) is 17.4. The number of aromatic carboxylic acids is 1. The van der Waals surface area contributed by atoms with Crippen LogP contribution >= 0.6 is 0 Å². The highest BCUT2D eigenvalue weighted by molar-refractivity contribution is 7.87. The largest absolute Gasteiger partial charge is 0.496 e. The van der Waals surface area contributed by atoms with Gasteiger partial charge in [0.25, 0.3) is 10.2 Å². The first kappa shape index (κ1) is 23.2. The molecular formula is C23H28N4O5S. The van der Waals surface area contributed by atoms with E-state index < -0.39 is 22.2 Å². The summed E-state index contributed by atoms with van der Waals surface area (Å²) in [6.45, 7) is 3.08. The summed E-state index contributed by atoms with van der Waals surface area (Å²) < 4.78 is 31.5. The summed E-state index contributed by atoms with van der Waals surface area (Å²) in [6.07, 6.45) is 2.83. The average Bonchev–Trinajstić information content (AvgIpc) is 3.26. The number of aromatic nitrogens is 1. The van der Waals surface area contributed by atoms with E-state index in [2.05, 4.69) is 14.6 Å². The van der Waals surface area contributed by atoms with Gasteiger partial charge in [-0.15, -0.1) is 0 Å². The number of nitrogens with zero attached hydrogens (tertiary/aromatic N) is 1. The van der Waals surface area contributed by atoms with Crippen LogP contribution in [0.15, 0.2) is 42.6 Å². The molecule has 0 radical (unpaired) electrons. The Morgan fingerprint density at radius 3 is 2.79 bits per heavy atom. The molecule has 0 amide bonds. The third kappa shape index (κ3) is 4.88. The lowest BCUT2D eigenvalue weighted by Gasteiger charge is -2.40. The van der Waals surface area contributed by atoms with Gasteiger partial charge in [-0.25, -0.2) is 9.93 Å². The van der Waals surface area contributed by atoms with Crippen molar-refractivity contribution < 1.29 is 23.1 Å². The van der Waals surface area contributed by atoms with Crippen molar-refractivity contribution in [1.29, 1.82) is 0 Å². The Balaban J connectivity index is 1.76. The molecule has 3 aromatic rings. The molecule has 176 valence electrons.